The van der Waals surface area contributed by atoms with Gasteiger partial charge in [-0.05, 0) is 29.7 Å². The summed E-state index contributed by atoms with van der Waals surface area (Å²) >= 11 is 4.36. The zero-order valence-electron chi connectivity index (χ0n) is 10.5. The molecule has 1 amide bonds. The van der Waals surface area contributed by atoms with Crippen molar-refractivity contribution in [1.29, 1.82) is 0 Å². The van der Waals surface area contributed by atoms with E-state index in [4.69, 9.17) is 0 Å². The Labute approximate surface area is 118 Å². The Morgan fingerprint density at radius 1 is 1.11 bits per heavy atom. The fraction of sp³-hybridized carbons (Fsp3) is 0.200. The number of benzene rings is 1. The van der Waals surface area contributed by atoms with Gasteiger partial charge in [0.15, 0.2) is 0 Å². The minimum Gasteiger partial charge on any atom is -0.351 e. The molecule has 0 aliphatic rings. The molecule has 0 saturated carbocycles. The minimum atomic E-state index is -0.329. The molecule has 2 aromatic rings. The van der Waals surface area contributed by atoms with Gasteiger partial charge in [-0.25, -0.2) is 0 Å². The molecule has 1 aromatic heterocycles. The van der Waals surface area contributed by atoms with Crippen LogP contribution in [0.1, 0.15) is 11.1 Å². The predicted octanol–water partition coefficient (Wildman–Crippen LogP) is 2.24. The quantitative estimate of drug-likeness (QED) is 0.820. The molecule has 1 aromatic carbocycles. The fourth-order valence-electron chi connectivity index (χ4n) is 1.74. The number of nitrogens with one attached hydrogen (secondary N) is 1. The van der Waals surface area contributed by atoms with Gasteiger partial charge in [0, 0.05) is 18.9 Å². The van der Waals surface area contributed by atoms with Crippen molar-refractivity contribution in [2.75, 3.05) is 0 Å². The van der Waals surface area contributed by atoms with Crippen LogP contribution in [0, 0.1) is 0 Å². The monoisotopic (exact) mass is 272 g/mol. The lowest BCUT2D eigenvalue weighted by Crippen LogP contribution is -2.32. The maximum Gasteiger partial charge on any atom is 0.233 e. The average molecular weight is 272 g/mol. The van der Waals surface area contributed by atoms with Crippen molar-refractivity contribution in [1.82, 2.24) is 10.3 Å². The lowest BCUT2D eigenvalue weighted by Gasteiger charge is -2.11. The van der Waals surface area contributed by atoms with Gasteiger partial charge in [-0.3, -0.25) is 9.78 Å². The van der Waals surface area contributed by atoms with Gasteiger partial charge in [0.2, 0.25) is 5.91 Å². The highest BCUT2D eigenvalue weighted by atomic mass is 32.1. The van der Waals surface area contributed by atoms with Crippen LogP contribution in [0.15, 0.2) is 54.9 Å². The van der Waals surface area contributed by atoms with E-state index < -0.39 is 0 Å². The Morgan fingerprint density at radius 2 is 1.79 bits per heavy atom. The Bertz CT molecular complexity index is 516. The molecule has 0 bridgehead atoms. The highest BCUT2D eigenvalue weighted by molar-refractivity contribution is 7.81. The molecule has 0 aliphatic carbocycles. The van der Waals surface area contributed by atoms with Gasteiger partial charge in [0.1, 0.15) is 0 Å². The number of rotatable bonds is 5. The zero-order valence-corrected chi connectivity index (χ0v) is 11.4. The molecule has 98 valence electrons. The molecule has 2 rings (SSSR count). The van der Waals surface area contributed by atoms with Crippen molar-refractivity contribution in [2.45, 2.75) is 18.2 Å². The molecule has 1 unspecified atom stereocenters. The normalized spacial score (nSPS) is 11.8. The number of carbonyl (C=O) groups excluding carboxylic acids is 1. The lowest BCUT2D eigenvalue weighted by atomic mass is 10.1. The third kappa shape index (κ3) is 4.41. The summed E-state index contributed by atoms with van der Waals surface area (Å²) in [5.74, 6) is -0.0519. The van der Waals surface area contributed by atoms with Crippen LogP contribution in [0.4, 0.5) is 0 Å². The molecule has 4 heteroatoms. The number of carbonyl (C=O) groups is 1. The zero-order chi connectivity index (χ0) is 13.5. The van der Waals surface area contributed by atoms with Crippen LogP contribution in [-0.4, -0.2) is 16.1 Å². The van der Waals surface area contributed by atoms with Crippen LogP contribution in [0.25, 0.3) is 0 Å². The van der Waals surface area contributed by atoms with Crippen LogP contribution in [0.2, 0.25) is 0 Å². The summed E-state index contributed by atoms with van der Waals surface area (Å²) in [7, 11) is 0. The Kier molecular flexibility index (Phi) is 4.98. The Balaban J connectivity index is 1.83. The summed E-state index contributed by atoms with van der Waals surface area (Å²) < 4.78 is 0. The van der Waals surface area contributed by atoms with E-state index in [2.05, 4.69) is 22.9 Å². The van der Waals surface area contributed by atoms with Crippen molar-refractivity contribution < 1.29 is 4.79 Å². The van der Waals surface area contributed by atoms with E-state index in [1.165, 1.54) is 0 Å². The second-order valence-electron chi connectivity index (χ2n) is 4.28. The summed E-state index contributed by atoms with van der Waals surface area (Å²) in [5, 5.41) is 2.55. The van der Waals surface area contributed by atoms with Gasteiger partial charge < -0.3 is 5.32 Å². The molecular weight excluding hydrogens is 256 g/mol. The highest BCUT2D eigenvalue weighted by Crippen LogP contribution is 2.08. The Hall–Kier alpha value is -1.81. The van der Waals surface area contributed by atoms with E-state index in [-0.39, 0.29) is 11.2 Å². The predicted molar refractivity (Wildman–Crippen MR) is 79.0 cm³/mol. The van der Waals surface area contributed by atoms with E-state index in [1.807, 2.05) is 42.5 Å². The van der Waals surface area contributed by atoms with E-state index >= 15 is 0 Å². The first-order chi connectivity index (χ1) is 9.25. The van der Waals surface area contributed by atoms with Gasteiger partial charge >= 0.3 is 0 Å². The smallest absolute Gasteiger partial charge is 0.233 e. The fourth-order valence-corrected chi connectivity index (χ4v) is 2.04. The molecule has 1 N–H and O–H groups in total. The van der Waals surface area contributed by atoms with Crippen LogP contribution in [0.5, 0.6) is 0 Å². The number of nitrogens with zero attached hydrogens (tertiary/aromatic N) is 1. The largest absolute Gasteiger partial charge is 0.351 e. The summed E-state index contributed by atoms with van der Waals surface area (Å²) in [6.07, 6.45) is 4.05. The Morgan fingerprint density at radius 3 is 2.47 bits per heavy atom. The second-order valence-corrected chi connectivity index (χ2v) is 4.90. The number of thiol groups is 1. The van der Waals surface area contributed by atoms with Crippen molar-refractivity contribution in [3.63, 3.8) is 0 Å². The maximum atomic E-state index is 11.9. The van der Waals surface area contributed by atoms with Crippen LogP contribution >= 0.6 is 12.6 Å². The third-order valence-corrected chi connectivity index (χ3v) is 3.21. The second kappa shape index (κ2) is 6.95. The van der Waals surface area contributed by atoms with Gasteiger partial charge in [-0.2, -0.15) is 12.6 Å². The summed E-state index contributed by atoms with van der Waals surface area (Å²) in [5.41, 5.74) is 2.14. The molecule has 1 atom stereocenters. The first-order valence-corrected chi connectivity index (χ1v) is 6.66. The SMILES string of the molecule is O=C(NCc1ccncc1)C(S)Cc1ccccc1. The number of hydrogen-bond acceptors (Lipinski definition) is 3. The first kappa shape index (κ1) is 13.6. The van der Waals surface area contributed by atoms with Crippen molar-refractivity contribution in [3.05, 3.63) is 66.0 Å². The van der Waals surface area contributed by atoms with E-state index in [0.717, 1.165) is 11.1 Å². The molecule has 0 saturated heterocycles. The summed E-state index contributed by atoms with van der Waals surface area (Å²) in [6, 6.07) is 13.6. The molecule has 0 fully saturated rings. The lowest BCUT2D eigenvalue weighted by molar-refractivity contribution is -0.120. The number of amides is 1. The van der Waals surface area contributed by atoms with E-state index in [9.17, 15) is 4.79 Å². The summed E-state index contributed by atoms with van der Waals surface area (Å²) in [4.78, 5) is 15.9. The molecule has 19 heavy (non-hydrogen) atoms. The number of aromatic nitrogens is 1. The van der Waals surface area contributed by atoms with Crippen molar-refractivity contribution in [2.24, 2.45) is 0 Å². The third-order valence-electron chi connectivity index (χ3n) is 2.79. The topological polar surface area (TPSA) is 42.0 Å². The van der Waals surface area contributed by atoms with Gasteiger partial charge in [0.05, 0.1) is 5.25 Å². The minimum absolute atomic E-state index is 0.0519. The molecular formula is C15H16N2OS. The van der Waals surface area contributed by atoms with E-state index in [0.29, 0.717) is 13.0 Å². The van der Waals surface area contributed by atoms with Gasteiger partial charge in [0.25, 0.3) is 0 Å². The molecule has 1 heterocycles. The average Bonchev–Trinajstić information content (AvgIpc) is 2.47. The van der Waals surface area contributed by atoms with Crippen molar-refractivity contribution in [3.8, 4) is 0 Å². The van der Waals surface area contributed by atoms with E-state index in [1.54, 1.807) is 12.4 Å². The molecule has 0 aliphatic heterocycles. The van der Waals surface area contributed by atoms with Gasteiger partial charge in [-0.15, -0.1) is 0 Å². The number of hydrogen-bond donors (Lipinski definition) is 2. The standard InChI is InChI=1S/C15H16N2OS/c18-15(17-11-13-6-8-16-9-7-13)14(19)10-12-4-2-1-3-5-12/h1-9,14,19H,10-11H2,(H,17,18). The van der Waals surface area contributed by atoms with Crippen LogP contribution < -0.4 is 5.32 Å². The van der Waals surface area contributed by atoms with Crippen LogP contribution in [0.3, 0.4) is 0 Å². The van der Waals surface area contributed by atoms with Gasteiger partial charge in [-0.1, -0.05) is 30.3 Å². The maximum absolute atomic E-state index is 11.9. The van der Waals surface area contributed by atoms with Crippen molar-refractivity contribution >= 4 is 18.5 Å². The first-order valence-electron chi connectivity index (χ1n) is 6.14. The molecule has 0 spiro atoms. The highest BCUT2D eigenvalue weighted by Gasteiger charge is 2.13. The molecule has 0 radical (unpaired) electrons. The molecule has 3 nitrogen and oxygen atoms in total. The number of pyridine rings is 1. The van der Waals surface area contributed by atoms with Crippen LogP contribution in [-0.2, 0) is 17.8 Å². The summed E-state index contributed by atoms with van der Waals surface area (Å²) in [6.45, 7) is 0.507.